The highest BCUT2D eigenvalue weighted by atomic mass is 35.5. The van der Waals surface area contributed by atoms with Crippen molar-refractivity contribution in [1.82, 2.24) is 4.98 Å². The molecule has 24 heavy (non-hydrogen) atoms. The molecular formula is C18H12Cl2N2OS. The second kappa shape index (κ2) is 7.62. The van der Waals surface area contributed by atoms with Gasteiger partial charge in [0.1, 0.15) is 0 Å². The van der Waals surface area contributed by atoms with Gasteiger partial charge in [-0.3, -0.25) is 10.1 Å². The number of carbonyl (C=O) groups excluding carboxylic acids is 1. The maximum Gasteiger partial charge on any atom is 0.250 e. The zero-order valence-electron chi connectivity index (χ0n) is 12.4. The first-order valence-electron chi connectivity index (χ1n) is 7.07. The smallest absolute Gasteiger partial charge is 0.250 e. The fraction of sp³-hybridized carbons (Fsp3) is 0. The van der Waals surface area contributed by atoms with E-state index in [9.17, 15) is 4.79 Å². The number of nitrogens with one attached hydrogen (secondary N) is 1. The summed E-state index contributed by atoms with van der Waals surface area (Å²) in [6, 6.07) is 14.8. The maximum atomic E-state index is 12.0. The number of carbonyl (C=O) groups is 1. The minimum atomic E-state index is -0.234. The largest absolute Gasteiger partial charge is 0.298 e. The predicted molar refractivity (Wildman–Crippen MR) is 102 cm³/mol. The Morgan fingerprint density at radius 3 is 2.67 bits per heavy atom. The molecule has 6 heteroatoms. The molecule has 2 aromatic carbocycles. The molecule has 0 aliphatic carbocycles. The van der Waals surface area contributed by atoms with Gasteiger partial charge in [0.25, 0.3) is 0 Å². The monoisotopic (exact) mass is 374 g/mol. The average molecular weight is 375 g/mol. The summed E-state index contributed by atoms with van der Waals surface area (Å²) in [5.74, 6) is -0.234. The summed E-state index contributed by atoms with van der Waals surface area (Å²) < 4.78 is 0. The molecule has 0 fully saturated rings. The molecule has 0 atom stereocenters. The van der Waals surface area contributed by atoms with Gasteiger partial charge < -0.3 is 0 Å². The van der Waals surface area contributed by atoms with Crippen LogP contribution in [0.5, 0.6) is 0 Å². The first-order chi connectivity index (χ1) is 11.6. The van der Waals surface area contributed by atoms with E-state index in [4.69, 9.17) is 23.2 Å². The van der Waals surface area contributed by atoms with Crippen LogP contribution in [0.15, 0.2) is 60.0 Å². The Bertz CT molecular complexity index is 891. The highest BCUT2D eigenvalue weighted by Gasteiger charge is 2.10. The lowest BCUT2D eigenvalue weighted by molar-refractivity contribution is -0.111. The minimum Gasteiger partial charge on any atom is -0.298 e. The molecular weight excluding hydrogens is 363 g/mol. The van der Waals surface area contributed by atoms with Gasteiger partial charge in [-0.15, -0.1) is 11.3 Å². The van der Waals surface area contributed by atoms with E-state index in [0.717, 1.165) is 11.1 Å². The van der Waals surface area contributed by atoms with Crippen LogP contribution in [0.3, 0.4) is 0 Å². The van der Waals surface area contributed by atoms with Crippen molar-refractivity contribution >= 4 is 51.7 Å². The molecule has 0 saturated carbocycles. The van der Waals surface area contributed by atoms with Crippen LogP contribution in [-0.2, 0) is 4.79 Å². The first kappa shape index (κ1) is 16.7. The van der Waals surface area contributed by atoms with Gasteiger partial charge in [-0.05, 0) is 29.8 Å². The quantitative estimate of drug-likeness (QED) is 0.589. The number of aromatic nitrogens is 1. The highest BCUT2D eigenvalue weighted by Crippen LogP contribution is 2.32. The summed E-state index contributed by atoms with van der Waals surface area (Å²) in [7, 11) is 0. The van der Waals surface area contributed by atoms with E-state index >= 15 is 0 Å². The Balaban J connectivity index is 1.70. The normalized spacial score (nSPS) is 10.9. The van der Waals surface area contributed by atoms with Gasteiger partial charge in [0.15, 0.2) is 5.13 Å². The standard InChI is InChI=1S/C18H12Cl2N2OS/c19-13-7-8-14(15(20)10-13)16-11-24-18(21-16)22-17(23)9-6-12-4-2-1-3-5-12/h1-11H,(H,21,22,23)/b9-6+. The van der Waals surface area contributed by atoms with Crippen LogP contribution >= 0.6 is 34.5 Å². The van der Waals surface area contributed by atoms with Gasteiger partial charge >= 0.3 is 0 Å². The molecule has 0 spiro atoms. The Labute approximate surface area is 153 Å². The van der Waals surface area contributed by atoms with Crippen molar-refractivity contribution in [2.24, 2.45) is 0 Å². The number of anilines is 1. The Morgan fingerprint density at radius 2 is 1.92 bits per heavy atom. The first-order valence-corrected chi connectivity index (χ1v) is 8.70. The molecule has 0 radical (unpaired) electrons. The summed E-state index contributed by atoms with van der Waals surface area (Å²) in [5, 5.41) is 6.19. The van der Waals surface area contributed by atoms with Gasteiger partial charge in [-0.25, -0.2) is 4.98 Å². The number of thiazole rings is 1. The van der Waals surface area contributed by atoms with E-state index in [1.165, 1.54) is 17.4 Å². The van der Waals surface area contributed by atoms with Gasteiger partial charge in [-0.2, -0.15) is 0 Å². The number of hydrogen-bond acceptors (Lipinski definition) is 3. The van der Waals surface area contributed by atoms with Crippen LogP contribution in [0.4, 0.5) is 5.13 Å². The predicted octanol–water partition coefficient (Wildman–Crippen LogP) is 5.77. The van der Waals surface area contributed by atoms with Crippen LogP contribution in [-0.4, -0.2) is 10.9 Å². The summed E-state index contributed by atoms with van der Waals surface area (Å²) >= 11 is 13.4. The van der Waals surface area contributed by atoms with Gasteiger partial charge in [0.2, 0.25) is 5.91 Å². The molecule has 1 N–H and O–H groups in total. The second-order valence-electron chi connectivity index (χ2n) is 4.90. The third kappa shape index (κ3) is 4.23. The van der Waals surface area contributed by atoms with Crippen molar-refractivity contribution in [2.45, 2.75) is 0 Å². The lowest BCUT2D eigenvalue weighted by Gasteiger charge is -2.01. The zero-order chi connectivity index (χ0) is 16.9. The summed E-state index contributed by atoms with van der Waals surface area (Å²) in [6.07, 6.45) is 3.23. The molecule has 0 aliphatic heterocycles. The Kier molecular flexibility index (Phi) is 5.30. The van der Waals surface area contributed by atoms with E-state index in [1.54, 1.807) is 24.3 Å². The van der Waals surface area contributed by atoms with E-state index in [1.807, 2.05) is 35.7 Å². The Hall–Kier alpha value is -2.14. The molecule has 0 saturated heterocycles. The number of hydrogen-bond donors (Lipinski definition) is 1. The lowest BCUT2D eigenvalue weighted by Crippen LogP contribution is -2.07. The van der Waals surface area contributed by atoms with E-state index in [0.29, 0.717) is 20.9 Å². The maximum absolute atomic E-state index is 12.0. The molecule has 0 unspecified atom stereocenters. The summed E-state index contributed by atoms with van der Waals surface area (Å²) in [4.78, 5) is 16.4. The van der Waals surface area contributed by atoms with Gasteiger partial charge in [-0.1, -0.05) is 53.5 Å². The van der Waals surface area contributed by atoms with Gasteiger partial charge in [0.05, 0.1) is 10.7 Å². The molecule has 3 nitrogen and oxygen atoms in total. The summed E-state index contributed by atoms with van der Waals surface area (Å²) in [6.45, 7) is 0. The van der Waals surface area contributed by atoms with E-state index in [2.05, 4.69) is 10.3 Å². The molecule has 1 heterocycles. The minimum absolute atomic E-state index is 0.234. The third-order valence-corrected chi connectivity index (χ3v) is 4.47. The van der Waals surface area contributed by atoms with E-state index < -0.39 is 0 Å². The Morgan fingerprint density at radius 1 is 1.12 bits per heavy atom. The van der Waals surface area contributed by atoms with Crippen molar-refractivity contribution in [3.63, 3.8) is 0 Å². The summed E-state index contributed by atoms with van der Waals surface area (Å²) in [5.41, 5.74) is 2.43. The number of halogens is 2. The molecule has 3 rings (SSSR count). The number of amides is 1. The zero-order valence-corrected chi connectivity index (χ0v) is 14.7. The lowest BCUT2D eigenvalue weighted by atomic mass is 10.2. The number of nitrogens with zero attached hydrogens (tertiary/aromatic N) is 1. The molecule has 3 aromatic rings. The van der Waals surface area contributed by atoms with Crippen LogP contribution < -0.4 is 5.32 Å². The van der Waals surface area contributed by atoms with Crippen molar-refractivity contribution < 1.29 is 4.79 Å². The van der Waals surface area contributed by atoms with E-state index in [-0.39, 0.29) is 5.91 Å². The molecule has 1 amide bonds. The fourth-order valence-corrected chi connectivity index (χ4v) is 3.25. The average Bonchev–Trinajstić information content (AvgIpc) is 3.02. The van der Waals surface area contributed by atoms with Crippen molar-refractivity contribution in [2.75, 3.05) is 5.32 Å². The van der Waals surface area contributed by atoms with Crippen molar-refractivity contribution in [3.05, 3.63) is 75.6 Å². The highest BCUT2D eigenvalue weighted by molar-refractivity contribution is 7.14. The van der Waals surface area contributed by atoms with Crippen LogP contribution in [0.2, 0.25) is 10.0 Å². The number of benzene rings is 2. The molecule has 1 aromatic heterocycles. The van der Waals surface area contributed by atoms with Crippen LogP contribution in [0.1, 0.15) is 5.56 Å². The van der Waals surface area contributed by atoms with Gasteiger partial charge in [0, 0.05) is 22.0 Å². The SMILES string of the molecule is O=C(/C=C/c1ccccc1)Nc1nc(-c2ccc(Cl)cc2Cl)cs1. The van der Waals surface area contributed by atoms with Crippen LogP contribution in [0.25, 0.3) is 17.3 Å². The second-order valence-corrected chi connectivity index (χ2v) is 6.60. The third-order valence-electron chi connectivity index (χ3n) is 3.17. The van der Waals surface area contributed by atoms with Crippen molar-refractivity contribution in [1.29, 1.82) is 0 Å². The molecule has 0 aliphatic rings. The fourth-order valence-electron chi connectivity index (χ4n) is 2.04. The van der Waals surface area contributed by atoms with Crippen molar-refractivity contribution in [3.8, 4) is 11.3 Å². The van der Waals surface area contributed by atoms with Crippen LogP contribution in [0, 0.1) is 0 Å². The molecule has 120 valence electrons. The topological polar surface area (TPSA) is 42.0 Å². The molecule has 0 bridgehead atoms. The number of rotatable bonds is 4.